The number of hydrogen-bond donors (Lipinski definition) is 1. The predicted molar refractivity (Wildman–Crippen MR) is 115 cm³/mol. The monoisotopic (exact) mass is 408 g/mol. The van der Waals surface area contributed by atoms with Gasteiger partial charge in [-0.3, -0.25) is 0 Å². The fourth-order valence-corrected chi connectivity index (χ4v) is 3.67. The quantitative estimate of drug-likeness (QED) is 0.614. The van der Waals surface area contributed by atoms with Crippen molar-refractivity contribution in [2.75, 3.05) is 26.5 Å². The lowest BCUT2D eigenvalue weighted by molar-refractivity contribution is 0.230. The molecule has 1 aliphatic heterocycles. The molecule has 0 aliphatic carbocycles. The van der Waals surface area contributed by atoms with Crippen molar-refractivity contribution in [2.24, 2.45) is 0 Å². The number of anilines is 1. The molecule has 0 radical (unpaired) electrons. The molecule has 29 heavy (non-hydrogen) atoms. The standard InChI is InChI=1S/C23H21ClN2O3/c1-26(2)23(27)25-16-10-11-17-18(13-16)22(14-6-4-7-15(24)12-14)29-20-9-5-8-19(28-3)21(17)20/h4-13,22H,1-3H3,(H,25,27). The Bertz CT molecular complexity index is 1080. The van der Waals surface area contributed by atoms with Gasteiger partial charge in [0, 0.05) is 30.4 Å². The number of carbonyl (C=O) groups is 1. The molecule has 3 aromatic carbocycles. The zero-order chi connectivity index (χ0) is 20.5. The zero-order valence-electron chi connectivity index (χ0n) is 16.4. The van der Waals surface area contributed by atoms with Gasteiger partial charge in [0.1, 0.15) is 17.6 Å². The molecule has 4 rings (SSSR count). The van der Waals surface area contributed by atoms with Crippen LogP contribution in [0.2, 0.25) is 5.02 Å². The summed E-state index contributed by atoms with van der Waals surface area (Å²) in [6.45, 7) is 0. The summed E-state index contributed by atoms with van der Waals surface area (Å²) in [5.74, 6) is 1.48. The molecule has 148 valence electrons. The minimum atomic E-state index is -0.362. The Morgan fingerprint density at radius 1 is 1.10 bits per heavy atom. The molecule has 0 saturated heterocycles. The van der Waals surface area contributed by atoms with Crippen LogP contribution in [0.3, 0.4) is 0 Å². The number of urea groups is 1. The number of hydrogen-bond acceptors (Lipinski definition) is 3. The van der Waals surface area contributed by atoms with E-state index in [9.17, 15) is 4.79 Å². The summed E-state index contributed by atoms with van der Waals surface area (Å²) in [5.41, 5.74) is 4.45. The average molecular weight is 409 g/mol. The van der Waals surface area contributed by atoms with Gasteiger partial charge in [-0.15, -0.1) is 0 Å². The lowest BCUT2D eigenvalue weighted by Gasteiger charge is -2.30. The minimum absolute atomic E-state index is 0.195. The first kappa shape index (κ1) is 19.2. The van der Waals surface area contributed by atoms with Gasteiger partial charge >= 0.3 is 6.03 Å². The van der Waals surface area contributed by atoms with Crippen molar-refractivity contribution in [1.29, 1.82) is 0 Å². The minimum Gasteiger partial charge on any atom is -0.496 e. The molecule has 0 bridgehead atoms. The van der Waals surface area contributed by atoms with Crippen molar-refractivity contribution in [2.45, 2.75) is 6.10 Å². The van der Waals surface area contributed by atoms with E-state index in [2.05, 4.69) is 5.32 Å². The normalized spacial score (nSPS) is 14.3. The Labute approximate surface area is 174 Å². The third-order valence-corrected chi connectivity index (χ3v) is 5.10. The number of benzene rings is 3. The van der Waals surface area contributed by atoms with Gasteiger partial charge < -0.3 is 19.7 Å². The van der Waals surface area contributed by atoms with Crippen molar-refractivity contribution < 1.29 is 14.3 Å². The van der Waals surface area contributed by atoms with E-state index in [1.807, 2.05) is 60.7 Å². The molecular formula is C23H21ClN2O3. The number of amides is 2. The van der Waals surface area contributed by atoms with E-state index in [-0.39, 0.29) is 12.1 Å². The highest BCUT2D eigenvalue weighted by molar-refractivity contribution is 6.30. The van der Waals surface area contributed by atoms with E-state index in [0.717, 1.165) is 33.8 Å². The second-order valence-electron chi connectivity index (χ2n) is 7.01. The van der Waals surface area contributed by atoms with Crippen LogP contribution in [-0.4, -0.2) is 32.1 Å². The van der Waals surface area contributed by atoms with Crippen LogP contribution >= 0.6 is 11.6 Å². The van der Waals surface area contributed by atoms with Crippen LogP contribution in [0.25, 0.3) is 11.1 Å². The van der Waals surface area contributed by atoms with Gasteiger partial charge in [-0.2, -0.15) is 0 Å². The Morgan fingerprint density at radius 3 is 2.62 bits per heavy atom. The Kier molecular flexibility index (Phi) is 5.07. The van der Waals surface area contributed by atoms with Crippen LogP contribution in [0.15, 0.2) is 60.7 Å². The van der Waals surface area contributed by atoms with Crippen molar-refractivity contribution >= 4 is 23.3 Å². The highest BCUT2D eigenvalue weighted by atomic mass is 35.5. The first-order chi connectivity index (χ1) is 14.0. The molecule has 0 aromatic heterocycles. The van der Waals surface area contributed by atoms with Crippen LogP contribution in [0.1, 0.15) is 17.2 Å². The molecule has 1 N–H and O–H groups in total. The number of nitrogens with zero attached hydrogens (tertiary/aromatic N) is 1. The fraction of sp³-hybridized carbons (Fsp3) is 0.174. The van der Waals surface area contributed by atoms with Gasteiger partial charge in [0.05, 0.1) is 12.7 Å². The summed E-state index contributed by atoms with van der Waals surface area (Å²) in [5, 5.41) is 3.54. The van der Waals surface area contributed by atoms with E-state index >= 15 is 0 Å². The van der Waals surface area contributed by atoms with Gasteiger partial charge in [0.2, 0.25) is 0 Å². The first-order valence-electron chi connectivity index (χ1n) is 9.19. The molecule has 6 heteroatoms. The molecule has 1 heterocycles. The summed E-state index contributed by atoms with van der Waals surface area (Å²) in [7, 11) is 5.05. The maximum Gasteiger partial charge on any atom is 0.321 e. The number of nitrogens with one attached hydrogen (secondary N) is 1. The molecule has 1 aliphatic rings. The lowest BCUT2D eigenvalue weighted by Crippen LogP contribution is -2.27. The lowest BCUT2D eigenvalue weighted by atomic mass is 9.88. The third kappa shape index (κ3) is 3.61. The Morgan fingerprint density at radius 2 is 1.90 bits per heavy atom. The van der Waals surface area contributed by atoms with Gasteiger partial charge in [0.15, 0.2) is 0 Å². The van der Waals surface area contributed by atoms with Crippen molar-refractivity contribution in [3.8, 4) is 22.6 Å². The number of methoxy groups -OCH3 is 1. The molecule has 0 fully saturated rings. The van der Waals surface area contributed by atoms with E-state index in [0.29, 0.717) is 10.7 Å². The maximum atomic E-state index is 12.1. The average Bonchev–Trinajstić information content (AvgIpc) is 2.72. The number of carbonyl (C=O) groups excluding carboxylic acids is 1. The van der Waals surface area contributed by atoms with E-state index in [1.165, 1.54) is 4.90 Å². The Hall–Kier alpha value is -3.18. The summed E-state index contributed by atoms with van der Waals surface area (Å²) in [6, 6.07) is 19.0. The summed E-state index contributed by atoms with van der Waals surface area (Å²) >= 11 is 6.24. The van der Waals surface area contributed by atoms with Gasteiger partial charge in [-0.1, -0.05) is 35.9 Å². The van der Waals surface area contributed by atoms with Crippen molar-refractivity contribution in [1.82, 2.24) is 4.90 Å². The van der Waals surface area contributed by atoms with E-state index in [1.54, 1.807) is 21.2 Å². The summed E-state index contributed by atoms with van der Waals surface area (Å²) < 4.78 is 12.0. The molecule has 3 aromatic rings. The Balaban J connectivity index is 1.88. The van der Waals surface area contributed by atoms with Gasteiger partial charge in [-0.05, 0) is 47.5 Å². The molecule has 1 atom stereocenters. The van der Waals surface area contributed by atoms with E-state index in [4.69, 9.17) is 21.1 Å². The van der Waals surface area contributed by atoms with Crippen LogP contribution in [0, 0.1) is 0 Å². The SMILES string of the molecule is COc1cccc2c1-c1ccc(NC(=O)N(C)C)cc1C(c1cccc(Cl)c1)O2. The molecular weight excluding hydrogens is 388 g/mol. The van der Waals surface area contributed by atoms with Crippen molar-refractivity contribution in [3.63, 3.8) is 0 Å². The summed E-state index contributed by atoms with van der Waals surface area (Å²) in [6.07, 6.45) is -0.362. The second kappa shape index (κ2) is 7.68. The largest absolute Gasteiger partial charge is 0.496 e. The van der Waals surface area contributed by atoms with Crippen molar-refractivity contribution in [3.05, 3.63) is 76.8 Å². The molecule has 0 saturated carbocycles. The predicted octanol–water partition coefficient (Wildman–Crippen LogP) is 5.59. The van der Waals surface area contributed by atoms with Crippen LogP contribution in [0.4, 0.5) is 10.5 Å². The second-order valence-corrected chi connectivity index (χ2v) is 7.45. The number of ether oxygens (including phenoxy) is 2. The maximum absolute atomic E-state index is 12.1. The third-order valence-electron chi connectivity index (χ3n) is 4.86. The van der Waals surface area contributed by atoms with Crippen LogP contribution in [0.5, 0.6) is 11.5 Å². The number of fused-ring (bicyclic) bond motifs is 3. The number of rotatable bonds is 3. The van der Waals surface area contributed by atoms with Gasteiger partial charge in [0.25, 0.3) is 0 Å². The topological polar surface area (TPSA) is 50.8 Å². The zero-order valence-corrected chi connectivity index (χ0v) is 17.2. The first-order valence-corrected chi connectivity index (χ1v) is 9.57. The molecule has 5 nitrogen and oxygen atoms in total. The number of halogens is 1. The highest BCUT2D eigenvalue weighted by Crippen LogP contribution is 2.49. The summed E-state index contributed by atoms with van der Waals surface area (Å²) in [4.78, 5) is 13.6. The van der Waals surface area contributed by atoms with Crippen LogP contribution in [-0.2, 0) is 0 Å². The fourth-order valence-electron chi connectivity index (χ4n) is 3.47. The highest BCUT2D eigenvalue weighted by Gasteiger charge is 2.30. The van der Waals surface area contributed by atoms with Gasteiger partial charge in [-0.25, -0.2) is 4.79 Å². The molecule has 2 amide bonds. The molecule has 0 spiro atoms. The van der Waals surface area contributed by atoms with E-state index < -0.39 is 0 Å². The molecule has 1 unspecified atom stereocenters. The smallest absolute Gasteiger partial charge is 0.321 e. The van der Waals surface area contributed by atoms with Crippen LogP contribution < -0.4 is 14.8 Å².